The van der Waals surface area contributed by atoms with Crippen LogP contribution in [0.1, 0.15) is 20.3 Å². The highest BCUT2D eigenvalue weighted by molar-refractivity contribution is 5.81. The number of Topliss-reactive ketones (excluding diaryl/α,β-unsaturated/α-hetero) is 1. The van der Waals surface area contributed by atoms with Crippen molar-refractivity contribution in [2.45, 2.75) is 26.3 Å². The van der Waals surface area contributed by atoms with Crippen molar-refractivity contribution in [3.63, 3.8) is 0 Å². The molecule has 0 radical (unpaired) electrons. The second-order valence-electron chi connectivity index (χ2n) is 2.44. The predicted molar refractivity (Wildman–Crippen MR) is 42.6 cm³/mol. The van der Waals surface area contributed by atoms with Crippen LogP contribution < -0.4 is 5.73 Å². The average Bonchev–Trinajstić information content (AvgIpc) is 1.90. The Hall–Kier alpha value is -0.630. The quantitative estimate of drug-likeness (QED) is 0.596. The fraction of sp³-hybridized carbons (Fsp3) is 0.625. The van der Waals surface area contributed by atoms with Crippen LogP contribution in [-0.2, 0) is 4.79 Å². The Balaban J connectivity index is 4.00. The summed E-state index contributed by atoms with van der Waals surface area (Å²) < 4.78 is 0. The van der Waals surface area contributed by atoms with Crippen molar-refractivity contribution >= 4 is 5.78 Å². The van der Waals surface area contributed by atoms with E-state index in [1.807, 2.05) is 6.92 Å². The zero-order chi connectivity index (χ0) is 8.15. The van der Waals surface area contributed by atoms with Crippen molar-refractivity contribution in [2.75, 3.05) is 0 Å². The average molecular weight is 141 g/mol. The van der Waals surface area contributed by atoms with Crippen LogP contribution in [0.2, 0.25) is 0 Å². The molecule has 2 atom stereocenters. The highest BCUT2D eigenvalue weighted by Gasteiger charge is 2.15. The van der Waals surface area contributed by atoms with E-state index in [0.29, 0.717) is 0 Å². The first-order valence-electron chi connectivity index (χ1n) is 3.52. The van der Waals surface area contributed by atoms with Gasteiger partial charge in [-0.3, -0.25) is 4.79 Å². The number of ketones is 1. The van der Waals surface area contributed by atoms with Gasteiger partial charge in [0.15, 0.2) is 0 Å². The molecule has 0 amide bonds. The second kappa shape index (κ2) is 4.23. The van der Waals surface area contributed by atoms with E-state index in [2.05, 4.69) is 6.58 Å². The molecule has 2 nitrogen and oxygen atoms in total. The van der Waals surface area contributed by atoms with Gasteiger partial charge in [0, 0.05) is 0 Å². The fourth-order valence-electron chi connectivity index (χ4n) is 0.869. The molecule has 2 heteroatoms. The minimum Gasteiger partial charge on any atom is -0.321 e. The maximum absolute atomic E-state index is 10.7. The van der Waals surface area contributed by atoms with Gasteiger partial charge in [0.05, 0.1) is 6.04 Å². The third-order valence-electron chi connectivity index (χ3n) is 1.70. The van der Waals surface area contributed by atoms with E-state index in [9.17, 15) is 4.79 Å². The van der Waals surface area contributed by atoms with Gasteiger partial charge in [-0.15, -0.1) is 6.58 Å². The van der Waals surface area contributed by atoms with Crippen molar-refractivity contribution in [3.8, 4) is 0 Å². The van der Waals surface area contributed by atoms with Crippen LogP contribution in [0.15, 0.2) is 12.7 Å². The highest BCUT2D eigenvalue weighted by atomic mass is 16.1. The standard InChI is InChI=1S/C8H15NO/c1-4-7(5-2)8(9)6(3)10/h4,7-8H,1,5,9H2,2-3H3/t7-,8+/m0/s1. The molecular weight excluding hydrogens is 126 g/mol. The third kappa shape index (κ3) is 2.31. The summed E-state index contributed by atoms with van der Waals surface area (Å²) in [4.78, 5) is 10.7. The van der Waals surface area contributed by atoms with Crippen molar-refractivity contribution in [1.29, 1.82) is 0 Å². The molecule has 0 saturated carbocycles. The summed E-state index contributed by atoms with van der Waals surface area (Å²) >= 11 is 0. The van der Waals surface area contributed by atoms with Gasteiger partial charge in [-0.1, -0.05) is 13.0 Å². The van der Waals surface area contributed by atoms with E-state index in [-0.39, 0.29) is 17.7 Å². The third-order valence-corrected chi connectivity index (χ3v) is 1.70. The largest absolute Gasteiger partial charge is 0.321 e. The molecule has 2 N–H and O–H groups in total. The van der Waals surface area contributed by atoms with Crippen molar-refractivity contribution in [3.05, 3.63) is 12.7 Å². The molecule has 0 aromatic rings. The van der Waals surface area contributed by atoms with E-state index < -0.39 is 0 Å². The van der Waals surface area contributed by atoms with Crippen LogP contribution in [0.4, 0.5) is 0 Å². The molecular formula is C8H15NO. The van der Waals surface area contributed by atoms with Crippen LogP contribution in [0, 0.1) is 5.92 Å². The molecule has 0 saturated heterocycles. The molecule has 58 valence electrons. The second-order valence-corrected chi connectivity index (χ2v) is 2.44. The van der Waals surface area contributed by atoms with E-state index in [1.165, 1.54) is 6.92 Å². The number of nitrogens with two attached hydrogens (primary N) is 1. The Bertz CT molecular complexity index is 131. The molecule has 0 heterocycles. The summed E-state index contributed by atoms with van der Waals surface area (Å²) in [6.45, 7) is 7.11. The molecule has 0 bridgehead atoms. The maximum Gasteiger partial charge on any atom is 0.147 e. The van der Waals surface area contributed by atoms with Gasteiger partial charge < -0.3 is 5.73 Å². The van der Waals surface area contributed by atoms with Gasteiger partial charge in [-0.05, 0) is 19.3 Å². The Kier molecular flexibility index (Phi) is 3.96. The van der Waals surface area contributed by atoms with E-state index in [1.54, 1.807) is 6.08 Å². The van der Waals surface area contributed by atoms with E-state index in [0.717, 1.165) is 6.42 Å². The molecule has 10 heavy (non-hydrogen) atoms. The normalized spacial score (nSPS) is 15.9. The molecule has 0 fully saturated rings. The van der Waals surface area contributed by atoms with Gasteiger partial charge in [0.25, 0.3) is 0 Å². The lowest BCUT2D eigenvalue weighted by Crippen LogP contribution is -2.35. The summed E-state index contributed by atoms with van der Waals surface area (Å²) in [6.07, 6.45) is 2.62. The van der Waals surface area contributed by atoms with Crippen LogP contribution in [0.3, 0.4) is 0 Å². The molecule has 0 aromatic heterocycles. The molecule has 0 aliphatic heterocycles. The lowest BCUT2D eigenvalue weighted by atomic mass is 9.95. The SMILES string of the molecule is C=C[C@@H](CC)[C@H](N)C(C)=O. The number of hydrogen-bond acceptors (Lipinski definition) is 2. The number of carbonyl (C=O) groups is 1. The first-order chi connectivity index (χ1) is 4.63. The van der Waals surface area contributed by atoms with Crippen LogP contribution in [0.5, 0.6) is 0 Å². The Morgan fingerprint density at radius 1 is 1.80 bits per heavy atom. The van der Waals surface area contributed by atoms with Crippen molar-refractivity contribution in [2.24, 2.45) is 11.7 Å². The van der Waals surface area contributed by atoms with Crippen LogP contribution in [0.25, 0.3) is 0 Å². The molecule has 0 rings (SSSR count). The Labute approximate surface area is 62.1 Å². The van der Waals surface area contributed by atoms with Crippen molar-refractivity contribution in [1.82, 2.24) is 0 Å². The monoisotopic (exact) mass is 141 g/mol. The van der Waals surface area contributed by atoms with Gasteiger partial charge in [0.1, 0.15) is 5.78 Å². The maximum atomic E-state index is 10.7. The zero-order valence-electron chi connectivity index (χ0n) is 6.63. The highest BCUT2D eigenvalue weighted by Crippen LogP contribution is 2.07. The summed E-state index contributed by atoms with van der Waals surface area (Å²) in [6, 6.07) is -0.359. The first-order valence-corrected chi connectivity index (χ1v) is 3.52. The zero-order valence-corrected chi connectivity index (χ0v) is 6.63. The van der Waals surface area contributed by atoms with Gasteiger partial charge >= 0.3 is 0 Å². The fourth-order valence-corrected chi connectivity index (χ4v) is 0.869. The lowest BCUT2D eigenvalue weighted by molar-refractivity contribution is -0.118. The summed E-state index contributed by atoms with van der Waals surface area (Å²) in [5, 5.41) is 0. The molecule has 0 spiro atoms. The lowest BCUT2D eigenvalue weighted by Gasteiger charge is -2.15. The molecule has 0 aromatic carbocycles. The van der Waals surface area contributed by atoms with Gasteiger partial charge in [0.2, 0.25) is 0 Å². The summed E-state index contributed by atoms with van der Waals surface area (Å²) in [5.41, 5.74) is 5.56. The van der Waals surface area contributed by atoms with Gasteiger partial charge in [-0.25, -0.2) is 0 Å². The van der Waals surface area contributed by atoms with E-state index in [4.69, 9.17) is 5.73 Å². The smallest absolute Gasteiger partial charge is 0.147 e. The van der Waals surface area contributed by atoms with Gasteiger partial charge in [-0.2, -0.15) is 0 Å². The van der Waals surface area contributed by atoms with E-state index >= 15 is 0 Å². The minimum atomic E-state index is -0.359. The first kappa shape index (κ1) is 9.37. The van der Waals surface area contributed by atoms with Crippen LogP contribution in [-0.4, -0.2) is 11.8 Å². The Morgan fingerprint density at radius 3 is 2.40 bits per heavy atom. The van der Waals surface area contributed by atoms with Crippen molar-refractivity contribution < 1.29 is 4.79 Å². The number of hydrogen-bond donors (Lipinski definition) is 1. The molecule has 0 unspecified atom stereocenters. The summed E-state index contributed by atoms with van der Waals surface area (Å²) in [7, 11) is 0. The van der Waals surface area contributed by atoms with Crippen LogP contribution >= 0.6 is 0 Å². The molecule has 0 aliphatic rings. The predicted octanol–water partition coefficient (Wildman–Crippen LogP) is 1.11. The Morgan fingerprint density at radius 2 is 2.30 bits per heavy atom. The topological polar surface area (TPSA) is 43.1 Å². The number of rotatable bonds is 4. The number of carbonyl (C=O) groups excluding carboxylic acids is 1. The minimum absolute atomic E-state index is 0.0340. The molecule has 0 aliphatic carbocycles. The summed E-state index contributed by atoms with van der Waals surface area (Å²) in [5.74, 6) is 0.171.